The Morgan fingerprint density at radius 2 is 2.31 bits per heavy atom. The highest BCUT2D eigenvalue weighted by Gasteiger charge is 2.10. The summed E-state index contributed by atoms with van der Waals surface area (Å²) >= 11 is 3.15. The Bertz CT molecular complexity index is 405. The van der Waals surface area contributed by atoms with E-state index in [0.29, 0.717) is 4.47 Å². The molecule has 4 nitrogen and oxygen atoms in total. The third-order valence-electron chi connectivity index (χ3n) is 1.99. The van der Waals surface area contributed by atoms with Crippen molar-refractivity contribution >= 4 is 27.7 Å². The van der Waals surface area contributed by atoms with Gasteiger partial charge in [-0.25, -0.2) is 0 Å². The predicted molar refractivity (Wildman–Crippen MR) is 68.4 cm³/mol. The number of nitro benzene ring substituents is 1. The minimum Gasteiger partial charge on any atom is -0.314 e. The molecule has 0 aliphatic rings. The molecule has 0 aromatic heterocycles. The molecule has 1 aromatic carbocycles. The second kappa shape index (κ2) is 6.40. The zero-order chi connectivity index (χ0) is 12.0. The van der Waals surface area contributed by atoms with Crippen molar-refractivity contribution in [2.24, 2.45) is 0 Å². The maximum atomic E-state index is 10.7. The highest BCUT2D eigenvalue weighted by atomic mass is 79.9. The van der Waals surface area contributed by atoms with Gasteiger partial charge in [-0.3, -0.25) is 10.1 Å². The van der Waals surface area contributed by atoms with Crippen molar-refractivity contribution in [3.05, 3.63) is 44.4 Å². The zero-order valence-electron chi connectivity index (χ0n) is 8.94. The van der Waals surface area contributed by atoms with Crippen LogP contribution >= 0.6 is 15.9 Å². The van der Waals surface area contributed by atoms with Crippen LogP contribution in [0.1, 0.15) is 12.5 Å². The molecule has 0 amide bonds. The molecule has 0 heterocycles. The van der Waals surface area contributed by atoms with Crippen molar-refractivity contribution < 1.29 is 4.92 Å². The van der Waals surface area contributed by atoms with Crippen molar-refractivity contribution in [3.8, 4) is 0 Å². The maximum Gasteiger partial charge on any atom is 0.284 e. The first-order valence-electron chi connectivity index (χ1n) is 4.96. The van der Waals surface area contributed by atoms with Crippen molar-refractivity contribution in [3.63, 3.8) is 0 Å². The molecule has 0 unspecified atom stereocenters. The van der Waals surface area contributed by atoms with Crippen molar-refractivity contribution in [1.82, 2.24) is 5.32 Å². The molecule has 1 rings (SSSR count). The first-order chi connectivity index (χ1) is 7.65. The van der Waals surface area contributed by atoms with E-state index in [1.54, 1.807) is 12.1 Å². The Morgan fingerprint density at radius 3 is 2.94 bits per heavy atom. The van der Waals surface area contributed by atoms with Crippen LogP contribution in [0.5, 0.6) is 0 Å². The molecule has 0 radical (unpaired) electrons. The SMILES string of the molecule is CCNCC=Cc1ccc(Br)c([N+](=O)[O-])c1. The monoisotopic (exact) mass is 284 g/mol. The van der Waals surface area contributed by atoms with Gasteiger partial charge in [0.2, 0.25) is 0 Å². The number of nitro groups is 1. The molecule has 16 heavy (non-hydrogen) atoms. The number of halogens is 1. The standard InChI is InChI=1S/C11H13BrN2O2/c1-2-13-7-3-4-9-5-6-10(12)11(8-9)14(15)16/h3-6,8,13H,2,7H2,1H3. The summed E-state index contributed by atoms with van der Waals surface area (Å²) < 4.78 is 0.501. The molecular formula is C11H13BrN2O2. The van der Waals surface area contributed by atoms with Gasteiger partial charge in [0.1, 0.15) is 0 Å². The molecule has 0 bridgehead atoms. The third kappa shape index (κ3) is 3.75. The van der Waals surface area contributed by atoms with E-state index in [-0.39, 0.29) is 5.69 Å². The van der Waals surface area contributed by atoms with Gasteiger partial charge in [0.05, 0.1) is 9.40 Å². The molecule has 0 saturated carbocycles. The summed E-state index contributed by atoms with van der Waals surface area (Å²) in [6.45, 7) is 3.70. The van der Waals surface area contributed by atoms with E-state index in [1.807, 2.05) is 25.1 Å². The summed E-state index contributed by atoms with van der Waals surface area (Å²) in [4.78, 5) is 10.3. The average Bonchev–Trinajstić information content (AvgIpc) is 2.26. The van der Waals surface area contributed by atoms with Crippen LogP contribution in [-0.4, -0.2) is 18.0 Å². The van der Waals surface area contributed by atoms with Crippen LogP contribution < -0.4 is 5.32 Å². The Labute approximate surface area is 103 Å². The van der Waals surface area contributed by atoms with Crippen molar-refractivity contribution in [1.29, 1.82) is 0 Å². The van der Waals surface area contributed by atoms with Gasteiger partial charge >= 0.3 is 0 Å². The number of hydrogen-bond acceptors (Lipinski definition) is 3. The molecule has 0 spiro atoms. The molecular weight excluding hydrogens is 272 g/mol. The van der Waals surface area contributed by atoms with E-state index in [9.17, 15) is 10.1 Å². The number of nitrogens with zero attached hydrogens (tertiary/aromatic N) is 1. The van der Waals surface area contributed by atoms with Crippen LogP contribution in [0.2, 0.25) is 0 Å². The van der Waals surface area contributed by atoms with Gasteiger partial charge < -0.3 is 5.32 Å². The lowest BCUT2D eigenvalue weighted by atomic mass is 10.2. The number of rotatable bonds is 5. The molecule has 1 aromatic rings. The summed E-state index contributed by atoms with van der Waals surface area (Å²) in [5, 5.41) is 13.8. The lowest BCUT2D eigenvalue weighted by Crippen LogP contribution is -2.11. The minimum absolute atomic E-state index is 0.0885. The Morgan fingerprint density at radius 1 is 1.56 bits per heavy atom. The molecule has 0 aliphatic heterocycles. The smallest absolute Gasteiger partial charge is 0.284 e. The molecule has 0 atom stereocenters. The van der Waals surface area contributed by atoms with Crippen molar-refractivity contribution in [2.75, 3.05) is 13.1 Å². The average molecular weight is 285 g/mol. The largest absolute Gasteiger partial charge is 0.314 e. The van der Waals surface area contributed by atoms with Crippen LogP contribution in [0.15, 0.2) is 28.7 Å². The summed E-state index contributed by atoms with van der Waals surface area (Å²) in [6.07, 6.45) is 3.80. The van der Waals surface area contributed by atoms with E-state index >= 15 is 0 Å². The third-order valence-corrected chi connectivity index (χ3v) is 2.66. The lowest BCUT2D eigenvalue weighted by molar-refractivity contribution is -0.385. The van der Waals surface area contributed by atoms with Crippen LogP contribution in [0.25, 0.3) is 6.08 Å². The summed E-state index contributed by atoms with van der Waals surface area (Å²) in [7, 11) is 0. The first kappa shape index (κ1) is 12.9. The van der Waals surface area contributed by atoms with E-state index in [0.717, 1.165) is 18.7 Å². The highest BCUT2D eigenvalue weighted by molar-refractivity contribution is 9.10. The molecule has 0 saturated heterocycles. The topological polar surface area (TPSA) is 55.2 Å². The van der Waals surface area contributed by atoms with E-state index in [1.165, 1.54) is 0 Å². The number of likely N-dealkylation sites (N-methyl/N-ethyl adjacent to an activating group) is 1. The molecule has 0 fully saturated rings. The van der Waals surface area contributed by atoms with Crippen LogP contribution in [-0.2, 0) is 0 Å². The quantitative estimate of drug-likeness (QED) is 0.514. The van der Waals surface area contributed by atoms with Gasteiger partial charge in [0, 0.05) is 12.6 Å². The molecule has 0 aliphatic carbocycles. The number of benzene rings is 1. The van der Waals surface area contributed by atoms with Gasteiger partial charge in [-0.2, -0.15) is 0 Å². The fourth-order valence-electron chi connectivity index (χ4n) is 1.20. The van der Waals surface area contributed by atoms with Gasteiger partial charge in [-0.15, -0.1) is 0 Å². The Kier molecular flexibility index (Phi) is 5.14. The fourth-order valence-corrected chi connectivity index (χ4v) is 1.59. The second-order valence-corrected chi connectivity index (χ2v) is 4.03. The second-order valence-electron chi connectivity index (χ2n) is 3.18. The van der Waals surface area contributed by atoms with Gasteiger partial charge in [-0.05, 0) is 34.1 Å². The Balaban J connectivity index is 2.78. The first-order valence-corrected chi connectivity index (χ1v) is 5.75. The van der Waals surface area contributed by atoms with Crippen LogP contribution in [0.4, 0.5) is 5.69 Å². The van der Waals surface area contributed by atoms with Crippen molar-refractivity contribution in [2.45, 2.75) is 6.92 Å². The maximum absolute atomic E-state index is 10.7. The fraction of sp³-hybridized carbons (Fsp3) is 0.273. The number of nitrogens with one attached hydrogen (secondary N) is 1. The van der Waals surface area contributed by atoms with Gasteiger partial charge in [0.25, 0.3) is 5.69 Å². The molecule has 5 heteroatoms. The lowest BCUT2D eigenvalue weighted by Gasteiger charge is -1.98. The highest BCUT2D eigenvalue weighted by Crippen LogP contribution is 2.25. The summed E-state index contributed by atoms with van der Waals surface area (Å²) in [5.41, 5.74) is 0.915. The normalized spacial score (nSPS) is 10.9. The Hall–Kier alpha value is -1.20. The van der Waals surface area contributed by atoms with E-state index in [2.05, 4.69) is 21.2 Å². The summed E-state index contributed by atoms with van der Waals surface area (Å²) in [5.74, 6) is 0. The minimum atomic E-state index is -0.397. The molecule has 86 valence electrons. The predicted octanol–water partition coefficient (Wildman–Crippen LogP) is 2.98. The van der Waals surface area contributed by atoms with Gasteiger partial charge in [0.15, 0.2) is 0 Å². The molecule has 1 N–H and O–H groups in total. The summed E-state index contributed by atoms with van der Waals surface area (Å²) in [6, 6.07) is 5.07. The van der Waals surface area contributed by atoms with E-state index in [4.69, 9.17) is 0 Å². The number of hydrogen-bond donors (Lipinski definition) is 1. The van der Waals surface area contributed by atoms with Gasteiger partial charge in [-0.1, -0.05) is 25.1 Å². The van der Waals surface area contributed by atoms with Crippen LogP contribution in [0.3, 0.4) is 0 Å². The van der Waals surface area contributed by atoms with Crippen LogP contribution in [0, 0.1) is 10.1 Å². The zero-order valence-corrected chi connectivity index (χ0v) is 10.5. The van der Waals surface area contributed by atoms with E-state index < -0.39 is 4.92 Å².